The molecule has 1 unspecified atom stereocenters. The molecule has 1 atom stereocenters. The topological polar surface area (TPSA) is 73.2 Å². The predicted molar refractivity (Wildman–Crippen MR) is 111 cm³/mol. The van der Waals surface area contributed by atoms with E-state index in [1.807, 2.05) is 0 Å². The highest BCUT2D eigenvalue weighted by Crippen LogP contribution is 2.23. The number of halogens is 1. The molecule has 1 aliphatic heterocycles. The molecule has 6 nitrogen and oxygen atoms in total. The molecule has 1 aliphatic carbocycles. The number of carbonyl (C=O) groups excluding carboxylic acids is 1. The third-order valence-electron chi connectivity index (χ3n) is 5.35. The molecule has 4 rings (SSSR count). The summed E-state index contributed by atoms with van der Waals surface area (Å²) in [6.45, 7) is 1.18. The Labute approximate surface area is 173 Å². The lowest BCUT2D eigenvalue weighted by Crippen LogP contribution is -2.34. The van der Waals surface area contributed by atoms with Crippen LogP contribution in [0.3, 0.4) is 0 Å². The first-order chi connectivity index (χ1) is 13.6. The van der Waals surface area contributed by atoms with Crippen LogP contribution in [0.25, 0.3) is 10.9 Å². The Morgan fingerprint density at radius 1 is 1.29 bits per heavy atom. The third kappa shape index (κ3) is 4.53. The summed E-state index contributed by atoms with van der Waals surface area (Å²) < 4.78 is 7.37. The summed E-state index contributed by atoms with van der Waals surface area (Å²) in [5.41, 5.74) is 0.440. The first-order valence-corrected chi connectivity index (χ1v) is 11.2. The van der Waals surface area contributed by atoms with Gasteiger partial charge in [-0.1, -0.05) is 36.2 Å². The molecule has 1 saturated heterocycles. The first-order valence-electron chi connectivity index (χ1n) is 9.84. The fourth-order valence-corrected chi connectivity index (χ4v) is 4.89. The van der Waals surface area contributed by atoms with Crippen molar-refractivity contribution in [2.24, 2.45) is 0 Å². The van der Waals surface area contributed by atoms with Crippen LogP contribution in [0, 0.1) is 0 Å². The molecule has 2 aromatic rings. The highest BCUT2D eigenvalue weighted by molar-refractivity contribution is 7.99. The van der Waals surface area contributed by atoms with Crippen LogP contribution in [0.2, 0.25) is 5.02 Å². The average molecular weight is 422 g/mol. The average Bonchev–Trinajstić information content (AvgIpc) is 3.36. The number of carbonyl (C=O) groups is 1. The second kappa shape index (κ2) is 8.84. The summed E-state index contributed by atoms with van der Waals surface area (Å²) in [6, 6.07) is 5.38. The van der Waals surface area contributed by atoms with Gasteiger partial charge >= 0.3 is 0 Å². The molecular weight excluding hydrogens is 398 g/mol. The largest absolute Gasteiger partial charge is 0.376 e. The van der Waals surface area contributed by atoms with Gasteiger partial charge in [0.2, 0.25) is 5.91 Å². The van der Waals surface area contributed by atoms with Crippen molar-refractivity contribution in [2.75, 3.05) is 12.4 Å². The van der Waals surface area contributed by atoms with Crippen LogP contribution in [-0.2, 0) is 16.1 Å². The van der Waals surface area contributed by atoms with E-state index in [1.54, 1.807) is 22.8 Å². The molecule has 2 fully saturated rings. The number of ether oxygens (including phenoxy) is 1. The number of hydrogen-bond acceptors (Lipinski definition) is 5. The van der Waals surface area contributed by atoms with Crippen LogP contribution >= 0.6 is 23.4 Å². The van der Waals surface area contributed by atoms with Crippen molar-refractivity contribution >= 4 is 40.2 Å². The number of hydrogen-bond donors (Lipinski definition) is 1. The lowest BCUT2D eigenvalue weighted by molar-refractivity contribution is -0.119. The zero-order valence-corrected chi connectivity index (χ0v) is 17.2. The highest BCUT2D eigenvalue weighted by Gasteiger charge is 2.22. The van der Waals surface area contributed by atoms with Crippen LogP contribution < -0.4 is 10.9 Å². The minimum absolute atomic E-state index is 0.0101. The molecule has 0 spiro atoms. The molecule has 2 heterocycles. The van der Waals surface area contributed by atoms with Crippen molar-refractivity contribution in [2.45, 2.75) is 62.4 Å². The second-order valence-corrected chi connectivity index (χ2v) is 8.82. The molecule has 1 saturated carbocycles. The monoisotopic (exact) mass is 421 g/mol. The van der Waals surface area contributed by atoms with Gasteiger partial charge < -0.3 is 10.1 Å². The Morgan fingerprint density at radius 3 is 2.86 bits per heavy atom. The molecule has 2 aliphatic rings. The van der Waals surface area contributed by atoms with Crippen molar-refractivity contribution in [3.05, 3.63) is 33.6 Å². The fourth-order valence-electron chi connectivity index (χ4n) is 3.91. The maximum atomic E-state index is 13.1. The molecule has 1 aromatic heterocycles. The Balaban J connectivity index is 1.58. The van der Waals surface area contributed by atoms with E-state index in [4.69, 9.17) is 16.3 Å². The number of rotatable bonds is 6. The van der Waals surface area contributed by atoms with E-state index >= 15 is 0 Å². The van der Waals surface area contributed by atoms with Gasteiger partial charge in [0.05, 0.1) is 29.3 Å². The van der Waals surface area contributed by atoms with E-state index in [1.165, 1.54) is 24.6 Å². The van der Waals surface area contributed by atoms with Crippen LogP contribution in [0.15, 0.2) is 28.2 Å². The van der Waals surface area contributed by atoms with Crippen LogP contribution in [0.5, 0.6) is 0 Å². The molecule has 150 valence electrons. The SMILES string of the molecule is O=C(CSc1nc2cc(Cl)ccc2c(=O)n1CC1CCCO1)NC1CCCC1. The zero-order chi connectivity index (χ0) is 19.5. The maximum Gasteiger partial charge on any atom is 0.262 e. The van der Waals surface area contributed by atoms with Gasteiger partial charge in [-0.2, -0.15) is 0 Å². The van der Waals surface area contributed by atoms with Gasteiger partial charge in [-0.05, 0) is 43.9 Å². The molecule has 1 amide bonds. The molecule has 1 N–H and O–H groups in total. The van der Waals surface area contributed by atoms with Gasteiger partial charge in [-0.15, -0.1) is 0 Å². The smallest absolute Gasteiger partial charge is 0.262 e. The predicted octanol–water partition coefficient (Wildman–Crippen LogP) is 3.38. The quantitative estimate of drug-likeness (QED) is 0.571. The Morgan fingerprint density at radius 2 is 2.11 bits per heavy atom. The van der Waals surface area contributed by atoms with Gasteiger partial charge in [0.15, 0.2) is 5.16 Å². The normalized spacial score (nSPS) is 20.1. The number of benzene rings is 1. The zero-order valence-electron chi connectivity index (χ0n) is 15.7. The van der Waals surface area contributed by atoms with Gasteiger partial charge in [-0.25, -0.2) is 4.98 Å². The minimum atomic E-state index is -0.115. The minimum Gasteiger partial charge on any atom is -0.376 e. The van der Waals surface area contributed by atoms with Gasteiger partial charge in [0.1, 0.15) is 0 Å². The molecule has 8 heteroatoms. The van der Waals surface area contributed by atoms with Crippen molar-refractivity contribution in [1.29, 1.82) is 0 Å². The number of thioether (sulfide) groups is 1. The summed E-state index contributed by atoms with van der Waals surface area (Å²) in [4.78, 5) is 30.1. The van der Waals surface area contributed by atoms with Crippen molar-refractivity contribution in [3.63, 3.8) is 0 Å². The first kappa shape index (κ1) is 19.7. The Bertz CT molecular complexity index is 921. The summed E-state index contributed by atoms with van der Waals surface area (Å²) in [6.07, 6.45) is 6.38. The van der Waals surface area contributed by atoms with E-state index in [0.29, 0.717) is 27.6 Å². The van der Waals surface area contributed by atoms with E-state index in [2.05, 4.69) is 10.3 Å². The summed E-state index contributed by atoms with van der Waals surface area (Å²) in [5.74, 6) is 0.224. The maximum absolute atomic E-state index is 13.1. The van der Waals surface area contributed by atoms with E-state index in [-0.39, 0.29) is 29.4 Å². The lowest BCUT2D eigenvalue weighted by Gasteiger charge is -2.17. The van der Waals surface area contributed by atoms with Gasteiger partial charge in [-0.3, -0.25) is 14.2 Å². The van der Waals surface area contributed by atoms with Crippen molar-refractivity contribution in [3.8, 4) is 0 Å². The van der Waals surface area contributed by atoms with Gasteiger partial charge in [0, 0.05) is 17.7 Å². The van der Waals surface area contributed by atoms with E-state index in [0.717, 1.165) is 32.3 Å². The Kier molecular flexibility index (Phi) is 6.23. The molecule has 0 bridgehead atoms. The number of amides is 1. The van der Waals surface area contributed by atoms with E-state index in [9.17, 15) is 9.59 Å². The molecule has 1 aromatic carbocycles. The second-order valence-electron chi connectivity index (χ2n) is 7.44. The summed E-state index contributed by atoms with van der Waals surface area (Å²) in [5, 5.41) is 4.68. The Hall–Kier alpha value is -1.57. The number of nitrogens with one attached hydrogen (secondary N) is 1. The van der Waals surface area contributed by atoms with Crippen LogP contribution in [-0.4, -0.2) is 40.0 Å². The third-order valence-corrected chi connectivity index (χ3v) is 6.56. The molecule has 28 heavy (non-hydrogen) atoms. The van der Waals surface area contributed by atoms with Crippen molar-refractivity contribution in [1.82, 2.24) is 14.9 Å². The van der Waals surface area contributed by atoms with Gasteiger partial charge in [0.25, 0.3) is 5.56 Å². The molecular formula is C20H24ClN3O3S. The summed E-state index contributed by atoms with van der Waals surface area (Å²) >= 11 is 7.38. The summed E-state index contributed by atoms with van der Waals surface area (Å²) in [7, 11) is 0. The number of aromatic nitrogens is 2. The standard InChI is InChI=1S/C20H24ClN3O3S/c21-13-7-8-16-17(10-13)23-20(24(19(16)26)11-15-6-3-9-27-15)28-12-18(25)22-14-4-1-2-5-14/h7-8,10,14-15H,1-6,9,11-12H2,(H,22,25). The lowest BCUT2D eigenvalue weighted by atomic mass is 10.2. The number of nitrogens with zero attached hydrogens (tertiary/aromatic N) is 2. The number of fused-ring (bicyclic) bond motifs is 1. The fraction of sp³-hybridized carbons (Fsp3) is 0.550. The van der Waals surface area contributed by atoms with E-state index < -0.39 is 0 Å². The van der Waals surface area contributed by atoms with Crippen LogP contribution in [0.1, 0.15) is 38.5 Å². The van der Waals surface area contributed by atoms with Crippen LogP contribution in [0.4, 0.5) is 0 Å². The molecule has 0 radical (unpaired) electrons. The van der Waals surface area contributed by atoms with Crippen molar-refractivity contribution < 1.29 is 9.53 Å². The highest BCUT2D eigenvalue weighted by atomic mass is 35.5.